The first-order valence-corrected chi connectivity index (χ1v) is 10.4. The summed E-state index contributed by atoms with van der Waals surface area (Å²) in [5, 5.41) is 0.469. The SMILES string of the molecule is C[C@H](CCCCC(=O)OC(C)(C)C)Oc1ncnc2oc(-c3ccccc3)c(C=O)c12. The zero-order valence-corrected chi connectivity index (χ0v) is 18.4. The number of unbranched alkanes of at least 4 members (excludes halogenated alkanes) is 1. The summed E-state index contributed by atoms with van der Waals surface area (Å²) in [6.07, 6.45) is 4.57. The van der Waals surface area contributed by atoms with Crippen molar-refractivity contribution in [3.8, 4) is 17.2 Å². The molecule has 0 N–H and O–H groups in total. The minimum atomic E-state index is -0.467. The van der Waals surface area contributed by atoms with Gasteiger partial charge in [-0.15, -0.1) is 0 Å². The zero-order valence-electron chi connectivity index (χ0n) is 18.4. The Balaban J connectivity index is 1.67. The van der Waals surface area contributed by atoms with Crippen molar-refractivity contribution in [2.75, 3.05) is 0 Å². The van der Waals surface area contributed by atoms with E-state index in [4.69, 9.17) is 13.9 Å². The van der Waals surface area contributed by atoms with Crippen LogP contribution in [0.25, 0.3) is 22.4 Å². The van der Waals surface area contributed by atoms with Gasteiger partial charge in [-0.2, -0.15) is 0 Å². The fourth-order valence-corrected chi connectivity index (χ4v) is 3.28. The number of fused-ring (bicyclic) bond motifs is 1. The van der Waals surface area contributed by atoms with Crippen LogP contribution in [-0.2, 0) is 9.53 Å². The van der Waals surface area contributed by atoms with Gasteiger partial charge in [0.05, 0.1) is 11.7 Å². The molecule has 7 heteroatoms. The molecular weight excluding hydrogens is 396 g/mol. The van der Waals surface area contributed by atoms with E-state index in [2.05, 4.69) is 9.97 Å². The van der Waals surface area contributed by atoms with Gasteiger partial charge in [-0.05, 0) is 47.0 Å². The van der Waals surface area contributed by atoms with Crippen LogP contribution in [0.2, 0.25) is 0 Å². The number of rotatable bonds is 9. The Labute approximate surface area is 181 Å². The Morgan fingerprint density at radius 1 is 1.16 bits per heavy atom. The summed E-state index contributed by atoms with van der Waals surface area (Å²) in [6.45, 7) is 7.50. The maximum Gasteiger partial charge on any atom is 0.306 e. The molecule has 3 aromatic rings. The molecule has 7 nitrogen and oxygen atoms in total. The van der Waals surface area contributed by atoms with Crippen LogP contribution in [0.15, 0.2) is 41.1 Å². The second-order valence-corrected chi connectivity index (χ2v) is 8.45. The summed E-state index contributed by atoms with van der Waals surface area (Å²) in [5.74, 6) is 0.569. The Hall–Kier alpha value is -3.22. The average Bonchev–Trinajstić information content (AvgIpc) is 3.10. The number of furan rings is 1. The number of hydrogen-bond acceptors (Lipinski definition) is 7. The normalized spacial score (nSPS) is 12.5. The number of esters is 1. The highest BCUT2D eigenvalue weighted by Crippen LogP contribution is 2.35. The van der Waals surface area contributed by atoms with Gasteiger partial charge in [0.2, 0.25) is 11.6 Å². The van der Waals surface area contributed by atoms with Crippen LogP contribution < -0.4 is 4.74 Å². The van der Waals surface area contributed by atoms with Crippen LogP contribution in [0.1, 0.15) is 63.7 Å². The van der Waals surface area contributed by atoms with E-state index in [1.54, 1.807) is 0 Å². The molecule has 164 valence electrons. The first kappa shape index (κ1) is 22.5. The third kappa shape index (κ3) is 5.90. The second-order valence-electron chi connectivity index (χ2n) is 8.45. The largest absolute Gasteiger partial charge is 0.474 e. The molecule has 0 saturated heterocycles. The Morgan fingerprint density at radius 3 is 2.58 bits per heavy atom. The summed E-state index contributed by atoms with van der Waals surface area (Å²) in [4.78, 5) is 32.1. The van der Waals surface area contributed by atoms with Crippen molar-refractivity contribution in [2.24, 2.45) is 0 Å². The van der Waals surface area contributed by atoms with Crippen LogP contribution in [-0.4, -0.2) is 33.9 Å². The number of nitrogens with zero attached hydrogens (tertiary/aromatic N) is 2. The van der Waals surface area contributed by atoms with Crippen LogP contribution in [0.3, 0.4) is 0 Å². The maximum absolute atomic E-state index is 11.9. The summed E-state index contributed by atoms with van der Waals surface area (Å²) in [7, 11) is 0. The zero-order chi connectivity index (χ0) is 22.4. The fourth-order valence-electron chi connectivity index (χ4n) is 3.28. The van der Waals surface area contributed by atoms with Gasteiger partial charge < -0.3 is 13.9 Å². The highest BCUT2D eigenvalue weighted by molar-refractivity contribution is 6.03. The number of carbonyl (C=O) groups is 2. The van der Waals surface area contributed by atoms with E-state index < -0.39 is 5.60 Å². The quantitative estimate of drug-likeness (QED) is 0.259. The lowest BCUT2D eigenvalue weighted by Gasteiger charge is -2.19. The number of carbonyl (C=O) groups excluding carboxylic acids is 2. The third-order valence-corrected chi connectivity index (χ3v) is 4.62. The molecule has 3 rings (SSSR count). The predicted octanol–water partition coefficient (Wildman–Crippen LogP) is 5.37. The van der Waals surface area contributed by atoms with E-state index in [0.29, 0.717) is 41.1 Å². The van der Waals surface area contributed by atoms with Crippen molar-refractivity contribution < 1.29 is 23.5 Å². The molecule has 0 aliphatic carbocycles. The molecule has 0 saturated carbocycles. The molecule has 0 fully saturated rings. The van der Waals surface area contributed by atoms with Crippen molar-refractivity contribution in [1.29, 1.82) is 0 Å². The first-order valence-electron chi connectivity index (χ1n) is 10.4. The van der Waals surface area contributed by atoms with Gasteiger partial charge in [0.15, 0.2) is 6.29 Å². The van der Waals surface area contributed by atoms with E-state index >= 15 is 0 Å². The highest BCUT2D eigenvalue weighted by Gasteiger charge is 2.22. The lowest BCUT2D eigenvalue weighted by atomic mass is 10.1. The van der Waals surface area contributed by atoms with Gasteiger partial charge in [0.25, 0.3) is 0 Å². The molecule has 2 aromatic heterocycles. The molecule has 0 radical (unpaired) electrons. The number of aromatic nitrogens is 2. The van der Waals surface area contributed by atoms with Crippen LogP contribution in [0, 0.1) is 0 Å². The van der Waals surface area contributed by atoms with Crippen LogP contribution in [0.4, 0.5) is 0 Å². The predicted molar refractivity (Wildman–Crippen MR) is 117 cm³/mol. The smallest absolute Gasteiger partial charge is 0.306 e. The van der Waals surface area contributed by atoms with E-state index in [-0.39, 0.29) is 12.1 Å². The van der Waals surface area contributed by atoms with Crippen molar-refractivity contribution in [3.63, 3.8) is 0 Å². The minimum Gasteiger partial charge on any atom is -0.474 e. The minimum absolute atomic E-state index is 0.161. The Bertz CT molecular complexity index is 1040. The molecular formula is C24H28N2O5. The number of benzene rings is 1. The van der Waals surface area contributed by atoms with Gasteiger partial charge in [0, 0.05) is 12.0 Å². The van der Waals surface area contributed by atoms with E-state index in [1.807, 2.05) is 58.0 Å². The second kappa shape index (κ2) is 9.73. The van der Waals surface area contributed by atoms with Crippen LogP contribution in [0.5, 0.6) is 5.88 Å². The van der Waals surface area contributed by atoms with Gasteiger partial charge in [-0.3, -0.25) is 9.59 Å². The summed E-state index contributed by atoms with van der Waals surface area (Å²) >= 11 is 0. The van der Waals surface area contributed by atoms with E-state index in [1.165, 1.54) is 6.33 Å². The molecule has 0 spiro atoms. The fraction of sp³-hybridized carbons (Fsp3) is 0.417. The molecule has 31 heavy (non-hydrogen) atoms. The molecule has 0 amide bonds. The summed E-state index contributed by atoms with van der Waals surface area (Å²) < 4.78 is 17.2. The Morgan fingerprint density at radius 2 is 1.90 bits per heavy atom. The van der Waals surface area contributed by atoms with Crippen molar-refractivity contribution >= 4 is 23.4 Å². The van der Waals surface area contributed by atoms with Gasteiger partial charge in [-0.1, -0.05) is 30.3 Å². The highest BCUT2D eigenvalue weighted by atomic mass is 16.6. The molecule has 1 aromatic carbocycles. The van der Waals surface area contributed by atoms with Crippen molar-refractivity contribution in [3.05, 3.63) is 42.2 Å². The van der Waals surface area contributed by atoms with Gasteiger partial charge in [-0.25, -0.2) is 9.97 Å². The molecule has 0 bridgehead atoms. The molecule has 0 unspecified atom stereocenters. The first-order chi connectivity index (χ1) is 14.8. The topological polar surface area (TPSA) is 91.5 Å². The standard InChI is InChI=1S/C24H28N2O5/c1-16(10-8-9-13-19(28)31-24(2,3)4)29-22-20-18(14-27)21(17-11-6-5-7-12-17)30-23(20)26-15-25-22/h5-7,11-12,14-16H,8-10,13H2,1-4H3/t16-/m1/s1. The Kier molecular flexibility index (Phi) is 7.05. The summed E-state index contributed by atoms with van der Waals surface area (Å²) in [6, 6.07) is 9.38. The molecule has 0 aliphatic rings. The number of ether oxygens (including phenoxy) is 2. The lowest BCUT2D eigenvalue weighted by molar-refractivity contribution is -0.154. The monoisotopic (exact) mass is 424 g/mol. The number of hydrogen-bond donors (Lipinski definition) is 0. The van der Waals surface area contributed by atoms with Crippen LogP contribution >= 0.6 is 0 Å². The molecule has 2 heterocycles. The van der Waals surface area contributed by atoms with Crippen molar-refractivity contribution in [1.82, 2.24) is 9.97 Å². The molecule has 1 atom stereocenters. The van der Waals surface area contributed by atoms with Gasteiger partial charge >= 0.3 is 5.97 Å². The van der Waals surface area contributed by atoms with E-state index in [9.17, 15) is 9.59 Å². The maximum atomic E-state index is 11.9. The van der Waals surface area contributed by atoms with Crippen molar-refractivity contribution in [2.45, 2.75) is 65.1 Å². The number of aldehydes is 1. The average molecular weight is 424 g/mol. The summed E-state index contributed by atoms with van der Waals surface area (Å²) in [5.41, 5.74) is 0.992. The lowest BCUT2D eigenvalue weighted by Crippen LogP contribution is -2.23. The molecule has 0 aliphatic heterocycles. The third-order valence-electron chi connectivity index (χ3n) is 4.62. The van der Waals surface area contributed by atoms with E-state index in [0.717, 1.165) is 24.7 Å². The van der Waals surface area contributed by atoms with Gasteiger partial charge in [0.1, 0.15) is 23.1 Å².